The molecular weight excluding hydrogens is 188 g/mol. The summed E-state index contributed by atoms with van der Waals surface area (Å²) in [5.74, 6) is -0.158. The van der Waals surface area contributed by atoms with Gasteiger partial charge in [-0.1, -0.05) is 0 Å². The SMILES string of the molecule is NC(=O)NCCCc1[nH]c(=O)[nH]c1O. The summed E-state index contributed by atoms with van der Waals surface area (Å²) in [5, 5.41) is 11.5. The van der Waals surface area contributed by atoms with E-state index in [1.54, 1.807) is 0 Å². The molecule has 1 aromatic rings. The van der Waals surface area contributed by atoms with E-state index in [-0.39, 0.29) is 5.88 Å². The largest absolute Gasteiger partial charge is 0.493 e. The molecule has 0 unspecified atom stereocenters. The van der Waals surface area contributed by atoms with Crippen molar-refractivity contribution in [1.29, 1.82) is 0 Å². The van der Waals surface area contributed by atoms with E-state index in [0.29, 0.717) is 25.1 Å². The summed E-state index contributed by atoms with van der Waals surface area (Å²) in [6.45, 7) is 0.405. The number of primary amides is 1. The van der Waals surface area contributed by atoms with Gasteiger partial charge in [0.2, 0.25) is 5.88 Å². The highest BCUT2D eigenvalue weighted by atomic mass is 16.3. The second-order valence-corrected chi connectivity index (χ2v) is 2.80. The van der Waals surface area contributed by atoms with Crippen LogP contribution in [0.2, 0.25) is 0 Å². The first-order valence-electron chi connectivity index (χ1n) is 4.13. The van der Waals surface area contributed by atoms with Gasteiger partial charge < -0.3 is 21.1 Å². The molecule has 1 heterocycles. The molecule has 78 valence electrons. The average molecular weight is 200 g/mol. The minimum absolute atomic E-state index is 0.158. The first-order chi connectivity index (χ1) is 6.59. The van der Waals surface area contributed by atoms with Crippen molar-refractivity contribution in [3.63, 3.8) is 0 Å². The molecule has 0 radical (unpaired) electrons. The van der Waals surface area contributed by atoms with E-state index in [1.807, 2.05) is 0 Å². The number of amides is 2. The van der Waals surface area contributed by atoms with Crippen LogP contribution in [0.5, 0.6) is 5.88 Å². The van der Waals surface area contributed by atoms with E-state index in [1.165, 1.54) is 0 Å². The van der Waals surface area contributed by atoms with Crippen LogP contribution in [0, 0.1) is 0 Å². The summed E-state index contributed by atoms with van der Waals surface area (Å²) in [6.07, 6.45) is 1.05. The quantitative estimate of drug-likeness (QED) is 0.401. The van der Waals surface area contributed by atoms with Crippen LogP contribution in [0.15, 0.2) is 4.79 Å². The lowest BCUT2D eigenvalue weighted by Crippen LogP contribution is -2.30. The molecule has 0 aliphatic carbocycles. The highest BCUT2D eigenvalue weighted by Gasteiger charge is 2.04. The van der Waals surface area contributed by atoms with Gasteiger partial charge in [0.05, 0.1) is 5.69 Å². The molecule has 1 rings (SSSR count). The zero-order valence-corrected chi connectivity index (χ0v) is 7.46. The van der Waals surface area contributed by atoms with Gasteiger partial charge >= 0.3 is 11.7 Å². The highest BCUT2D eigenvalue weighted by molar-refractivity contribution is 5.71. The van der Waals surface area contributed by atoms with Crippen LogP contribution in [0.4, 0.5) is 4.79 Å². The second-order valence-electron chi connectivity index (χ2n) is 2.80. The Morgan fingerprint density at radius 3 is 2.71 bits per heavy atom. The number of carbonyl (C=O) groups is 1. The Bertz CT molecular complexity index is 367. The van der Waals surface area contributed by atoms with E-state index in [0.717, 1.165) is 0 Å². The maximum Gasteiger partial charge on any atom is 0.325 e. The van der Waals surface area contributed by atoms with Gasteiger partial charge in [0.1, 0.15) is 0 Å². The Balaban J connectivity index is 2.35. The third kappa shape index (κ3) is 2.85. The molecule has 0 atom stereocenters. The smallest absolute Gasteiger partial charge is 0.325 e. The Hall–Kier alpha value is -1.92. The highest BCUT2D eigenvalue weighted by Crippen LogP contribution is 2.08. The maximum absolute atomic E-state index is 10.7. The molecule has 0 bridgehead atoms. The number of nitrogens with one attached hydrogen (secondary N) is 3. The second kappa shape index (κ2) is 4.35. The van der Waals surface area contributed by atoms with Crippen molar-refractivity contribution >= 4 is 6.03 Å². The van der Waals surface area contributed by atoms with E-state index < -0.39 is 11.7 Å². The fourth-order valence-corrected chi connectivity index (χ4v) is 1.07. The minimum atomic E-state index is -0.586. The zero-order valence-electron chi connectivity index (χ0n) is 7.46. The molecule has 0 aliphatic heterocycles. The summed E-state index contributed by atoms with van der Waals surface area (Å²) in [5.41, 5.74) is 4.83. The molecule has 0 saturated heterocycles. The van der Waals surface area contributed by atoms with Crippen molar-refractivity contribution in [3.05, 3.63) is 16.2 Å². The molecular formula is C7H12N4O3. The molecule has 7 nitrogen and oxygen atoms in total. The molecule has 0 spiro atoms. The van der Waals surface area contributed by atoms with Crippen LogP contribution in [0.1, 0.15) is 12.1 Å². The Morgan fingerprint density at radius 2 is 2.21 bits per heavy atom. The predicted octanol–water partition coefficient (Wildman–Crippen LogP) is -0.991. The zero-order chi connectivity index (χ0) is 10.6. The van der Waals surface area contributed by atoms with E-state index in [9.17, 15) is 9.59 Å². The van der Waals surface area contributed by atoms with Crippen LogP contribution >= 0.6 is 0 Å². The molecule has 0 saturated carbocycles. The summed E-state index contributed by atoms with van der Waals surface area (Å²) in [4.78, 5) is 25.6. The number of nitrogens with two attached hydrogens (primary N) is 1. The lowest BCUT2D eigenvalue weighted by molar-refractivity contribution is 0.249. The van der Waals surface area contributed by atoms with E-state index >= 15 is 0 Å². The fraction of sp³-hybridized carbons (Fsp3) is 0.429. The van der Waals surface area contributed by atoms with Crippen molar-refractivity contribution in [2.24, 2.45) is 5.73 Å². The number of aromatic hydroxyl groups is 1. The van der Waals surface area contributed by atoms with Crippen LogP contribution < -0.4 is 16.7 Å². The molecule has 0 aromatic carbocycles. The van der Waals surface area contributed by atoms with Crippen molar-refractivity contribution in [2.75, 3.05) is 6.54 Å². The summed E-state index contributed by atoms with van der Waals surface area (Å²) < 4.78 is 0. The van der Waals surface area contributed by atoms with E-state index in [2.05, 4.69) is 15.3 Å². The molecule has 0 aliphatic rings. The van der Waals surface area contributed by atoms with Gasteiger partial charge in [-0.25, -0.2) is 9.59 Å². The lowest BCUT2D eigenvalue weighted by Gasteiger charge is -2.00. The van der Waals surface area contributed by atoms with Crippen molar-refractivity contribution < 1.29 is 9.90 Å². The predicted molar refractivity (Wildman–Crippen MR) is 49.0 cm³/mol. The van der Waals surface area contributed by atoms with Gasteiger partial charge in [-0.2, -0.15) is 0 Å². The molecule has 14 heavy (non-hydrogen) atoms. The average Bonchev–Trinajstić information content (AvgIpc) is 2.39. The number of H-pyrrole nitrogens is 2. The van der Waals surface area contributed by atoms with Gasteiger partial charge in [-0.05, 0) is 12.8 Å². The van der Waals surface area contributed by atoms with Crippen molar-refractivity contribution in [2.45, 2.75) is 12.8 Å². The number of hydrogen-bond donors (Lipinski definition) is 5. The third-order valence-electron chi connectivity index (χ3n) is 1.68. The Morgan fingerprint density at radius 1 is 1.50 bits per heavy atom. The van der Waals surface area contributed by atoms with Crippen molar-refractivity contribution in [1.82, 2.24) is 15.3 Å². The van der Waals surface area contributed by atoms with Crippen LogP contribution in [0.25, 0.3) is 0 Å². The number of aromatic nitrogens is 2. The topological polar surface area (TPSA) is 124 Å². The standard InChI is InChI=1S/C7H12N4O3/c8-6(13)9-3-1-2-4-5(12)11-7(14)10-4/h12H,1-3H2,(H3,8,9,13)(H2,10,11,14). The first kappa shape index (κ1) is 10.2. The molecule has 1 aromatic heterocycles. The van der Waals surface area contributed by atoms with Crippen LogP contribution in [-0.2, 0) is 6.42 Å². The minimum Gasteiger partial charge on any atom is -0.493 e. The van der Waals surface area contributed by atoms with Gasteiger partial charge in [0.15, 0.2) is 0 Å². The van der Waals surface area contributed by atoms with Crippen molar-refractivity contribution in [3.8, 4) is 5.88 Å². The first-order valence-corrected chi connectivity index (χ1v) is 4.13. The molecule has 6 N–H and O–H groups in total. The Labute approximate surface area is 79.3 Å². The summed E-state index contributed by atoms with van der Waals surface area (Å²) >= 11 is 0. The number of hydrogen-bond acceptors (Lipinski definition) is 3. The van der Waals surface area contributed by atoms with Crippen LogP contribution in [0.3, 0.4) is 0 Å². The van der Waals surface area contributed by atoms with Gasteiger partial charge in [0, 0.05) is 6.54 Å². The number of imidazole rings is 1. The number of aryl methyl sites for hydroxylation is 1. The molecule has 0 fully saturated rings. The number of carbonyl (C=O) groups excluding carboxylic acids is 1. The number of rotatable bonds is 4. The monoisotopic (exact) mass is 200 g/mol. The summed E-state index contributed by atoms with van der Waals surface area (Å²) in [7, 11) is 0. The van der Waals surface area contributed by atoms with Gasteiger partial charge in [0.25, 0.3) is 0 Å². The lowest BCUT2D eigenvalue weighted by atomic mass is 10.2. The van der Waals surface area contributed by atoms with Crippen LogP contribution in [-0.4, -0.2) is 27.7 Å². The van der Waals surface area contributed by atoms with Gasteiger partial charge in [-0.3, -0.25) is 4.98 Å². The van der Waals surface area contributed by atoms with Gasteiger partial charge in [-0.15, -0.1) is 0 Å². The number of urea groups is 1. The molecule has 7 heteroatoms. The molecule has 2 amide bonds. The third-order valence-corrected chi connectivity index (χ3v) is 1.68. The fourth-order valence-electron chi connectivity index (χ4n) is 1.07. The maximum atomic E-state index is 10.7. The number of aromatic amines is 2. The Kier molecular flexibility index (Phi) is 3.16. The summed E-state index contributed by atoms with van der Waals surface area (Å²) in [6, 6.07) is -0.586. The van der Waals surface area contributed by atoms with E-state index in [4.69, 9.17) is 10.8 Å². The normalized spacial score (nSPS) is 10.0.